The lowest BCUT2D eigenvalue weighted by Gasteiger charge is -2.30. The molecule has 0 spiro atoms. The molecule has 0 bridgehead atoms. The molecule has 6 heteroatoms. The first-order valence-electron chi connectivity index (χ1n) is 9.13. The Labute approximate surface area is 154 Å². The maximum absolute atomic E-state index is 12.1. The molecular weight excluding hydrogens is 334 g/mol. The van der Waals surface area contributed by atoms with E-state index >= 15 is 0 Å². The van der Waals surface area contributed by atoms with Crippen LogP contribution in [-0.2, 0) is 17.2 Å². The van der Waals surface area contributed by atoms with E-state index in [9.17, 15) is 4.21 Å². The van der Waals surface area contributed by atoms with Gasteiger partial charge >= 0.3 is 0 Å². The lowest BCUT2D eigenvalue weighted by molar-refractivity contribution is 0.413. The van der Waals surface area contributed by atoms with Gasteiger partial charge in [0.1, 0.15) is 5.75 Å². The summed E-state index contributed by atoms with van der Waals surface area (Å²) >= 11 is 0. The molecule has 140 valence electrons. The van der Waals surface area contributed by atoms with Crippen molar-refractivity contribution in [2.75, 3.05) is 26.5 Å². The average molecular weight is 366 g/mol. The number of ether oxygens (including phenoxy) is 1. The standard InChI is InChI=1S/C19H31N3O2S/c1-4-25(23)18-7-5-6-16(14-18)22-19(20-2)21-13-12-15-8-10-17(24-3)11-9-15/h8-11,16,18H,4-7,12-14H2,1-3H3,(H2,20,21,22). The van der Waals surface area contributed by atoms with Crippen LogP contribution in [0.3, 0.4) is 0 Å². The van der Waals surface area contributed by atoms with Gasteiger partial charge in [0.2, 0.25) is 0 Å². The maximum atomic E-state index is 12.1. The van der Waals surface area contributed by atoms with E-state index in [1.54, 1.807) is 14.2 Å². The number of hydrogen-bond acceptors (Lipinski definition) is 3. The van der Waals surface area contributed by atoms with E-state index in [0.29, 0.717) is 11.3 Å². The fourth-order valence-electron chi connectivity index (χ4n) is 3.26. The molecule has 1 aliphatic rings. The summed E-state index contributed by atoms with van der Waals surface area (Å²) in [6.45, 7) is 2.83. The van der Waals surface area contributed by atoms with Gasteiger partial charge in [-0.3, -0.25) is 9.20 Å². The molecule has 1 fully saturated rings. The number of methoxy groups -OCH3 is 1. The van der Waals surface area contributed by atoms with Crippen molar-refractivity contribution in [2.45, 2.75) is 50.3 Å². The third-order valence-electron chi connectivity index (χ3n) is 4.71. The summed E-state index contributed by atoms with van der Waals surface area (Å²) in [7, 11) is 2.78. The van der Waals surface area contributed by atoms with Crippen molar-refractivity contribution in [2.24, 2.45) is 4.99 Å². The van der Waals surface area contributed by atoms with Crippen LogP contribution in [0.2, 0.25) is 0 Å². The molecule has 0 amide bonds. The normalized spacial score (nSPS) is 22.3. The van der Waals surface area contributed by atoms with Crippen LogP contribution in [0.5, 0.6) is 5.75 Å². The molecule has 1 aliphatic carbocycles. The summed E-state index contributed by atoms with van der Waals surface area (Å²) in [6.07, 6.45) is 5.24. The van der Waals surface area contributed by atoms with Crippen molar-refractivity contribution in [3.8, 4) is 5.75 Å². The Morgan fingerprint density at radius 1 is 1.32 bits per heavy atom. The molecule has 5 nitrogen and oxygen atoms in total. The highest BCUT2D eigenvalue weighted by molar-refractivity contribution is 7.85. The predicted molar refractivity (Wildman–Crippen MR) is 106 cm³/mol. The molecule has 3 unspecified atom stereocenters. The number of hydrogen-bond donors (Lipinski definition) is 2. The Morgan fingerprint density at radius 2 is 2.08 bits per heavy atom. The first-order valence-corrected chi connectivity index (χ1v) is 10.5. The van der Waals surface area contributed by atoms with Gasteiger partial charge in [0, 0.05) is 41.4 Å². The minimum atomic E-state index is -0.695. The Morgan fingerprint density at radius 3 is 2.72 bits per heavy atom. The SMILES string of the molecule is CCS(=O)C1CCCC(NC(=NC)NCCc2ccc(OC)cc2)C1. The van der Waals surface area contributed by atoms with Crippen LogP contribution < -0.4 is 15.4 Å². The molecule has 1 aromatic carbocycles. The Kier molecular flexibility index (Phi) is 8.25. The fourth-order valence-corrected chi connectivity index (χ4v) is 4.60. The highest BCUT2D eigenvalue weighted by Crippen LogP contribution is 2.23. The Hall–Kier alpha value is -1.56. The molecule has 0 aliphatic heterocycles. The van der Waals surface area contributed by atoms with E-state index in [4.69, 9.17) is 4.74 Å². The molecule has 0 saturated heterocycles. The largest absolute Gasteiger partial charge is 0.497 e. The maximum Gasteiger partial charge on any atom is 0.191 e. The summed E-state index contributed by atoms with van der Waals surface area (Å²) in [5, 5.41) is 7.21. The van der Waals surface area contributed by atoms with Gasteiger partial charge in [-0.05, 0) is 43.4 Å². The van der Waals surface area contributed by atoms with Gasteiger partial charge in [-0.2, -0.15) is 0 Å². The van der Waals surface area contributed by atoms with Crippen molar-refractivity contribution < 1.29 is 8.95 Å². The lowest BCUT2D eigenvalue weighted by Crippen LogP contribution is -2.47. The van der Waals surface area contributed by atoms with Gasteiger partial charge < -0.3 is 15.4 Å². The molecule has 2 rings (SSSR count). The van der Waals surface area contributed by atoms with Crippen LogP contribution in [0.4, 0.5) is 0 Å². The number of aliphatic imine (C=N–C) groups is 1. The van der Waals surface area contributed by atoms with E-state index < -0.39 is 10.8 Å². The van der Waals surface area contributed by atoms with Crippen LogP contribution in [0, 0.1) is 0 Å². The van der Waals surface area contributed by atoms with Gasteiger partial charge in [0.15, 0.2) is 5.96 Å². The van der Waals surface area contributed by atoms with Crippen molar-refractivity contribution in [3.05, 3.63) is 29.8 Å². The monoisotopic (exact) mass is 365 g/mol. The summed E-state index contributed by atoms with van der Waals surface area (Å²) in [6, 6.07) is 8.50. The van der Waals surface area contributed by atoms with E-state index in [1.807, 2.05) is 19.1 Å². The minimum Gasteiger partial charge on any atom is -0.497 e. The van der Waals surface area contributed by atoms with Crippen LogP contribution in [0.15, 0.2) is 29.3 Å². The highest BCUT2D eigenvalue weighted by Gasteiger charge is 2.25. The molecule has 1 aromatic rings. The second-order valence-electron chi connectivity index (χ2n) is 6.40. The summed E-state index contributed by atoms with van der Waals surface area (Å²) in [5.74, 6) is 2.47. The highest BCUT2D eigenvalue weighted by atomic mass is 32.2. The summed E-state index contributed by atoms with van der Waals surface area (Å²) in [4.78, 5) is 4.33. The topological polar surface area (TPSA) is 62.7 Å². The van der Waals surface area contributed by atoms with Gasteiger partial charge in [0.25, 0.3) is 0 Å². The van der Waals surface area contributed by atoms with Crippen LogP contribution in [0.1, 0.15) is 38.2 Å². The molecule has 2 N–H and O–H groups in total. The Bertz CT molecular complexity index is 575. The van der Waals surface area contributed by atoms with Crippen molar-refractivity contribution in [1.29, 1.82) is 0 Å². The van der Waals surface area contributed by atoms with Crippen LogP contribution in [0.25, 0.3) is 0 Å². The summed E-state index contributed by atoms with van der Waals surface area (Å²) in [5.41, 5.74) is 1.26. The minimum absolute atomic E-state index is 0.327. The quantitative estimate of drug-likeness (QED) is 0.576. The molecule has 25 heavy (non-hydrogen) atoms. The molecule has 0 heterocycles. The Balaban J connectivity index is 1.77. The zero-order valence-corrected chi connectivity index (χ0v) is 16.4. The second-order valence-corrected chi connectivity index (χ2v) is 8.40. The number of nitrogens with zero attached hydrogens (tertiary/aromatic N) is 1. The lowest BCUT2D eigenvalue weighted by atomic mass is 9.95. The van der Waals surface area contributed by atoms with E-state index in [-0.39, 0.29) is 0 Å². The zero-order valence-electron chi connectivity index (χ0n) is 15.6. The van der Waals surface area contributed by atoms with Gasteiger partial charge in [-0.1, -0.05) is 25.5 Å². The third kappa shape index (κ3) is 6.34. The van der Waals surface area contributed by atoms with Gasteiger partial charge in [0.05, 0.1) is 7.11 Å². The van der Waals surface area contributed by atoms with Gasteiger partial charge in [-0.15, -0.1) is 0 Å². The third-order valence-corrected chi connectivity index (χ3v) is 6.45. The van der Waals surface area contributed by atoms with Crippen molar-refractivity contribution in [3.63, 3.8) is 0 Å². The fraction of sp³-hybridized carbons (Fsp3) is 0.632. The number of nitrogens with one attached hydrogen (secondary N) is 2. The number of rotatable bonds is 7. The van der Waals surface area contributed by atoms with E-state index in [0.717, 1.165) is 56.1 Å². The van der Waals surface area contributed by atoms with Crippen LogP contribution >= 0.6 is 0 Å². The second kappa shape index (κ2) is 10.4. The first kappa shape index (κ1) is 19.8. The molecule has 1 saturated carbocycles. The molecule has 3 atom stereocenters. The van der Waals surface area contributed by atoms with Crippen LogP contribution in [-0.4, -0.2) is 47.9 Å². The predicted octanol–water partition coefficient (Wildman–Crippen LogP) is 2.48. The molecular formula is C19H31N3O2S. The van der Waals surface area contributed by atoms with Crippen molar-refractivity contribution >= 4 is 16.8 Å². The summed E-state index contributed by atoms with van der Waals surface area (Å²) < 4.78 is 17.3. The molecule has 0 radical (unpaired) electrons. The number of benzene rings is 1. The smallest absolute Gasteiger partial charge is 0.191 e. The van der Waals surface area contributed by atoms with E-state index in [2.05, 4.69) is 27.8 Å². The number of guanidine groups is 1. The van der Waals surface area contributed by atoms with E-state index in [1.165, 1.54) is 5.56 Å². The molecule has 0 aromatic heterocycles. The first-order chi connectivity index (χ1) is 12.2. The van der Waals surface area contributed by atoms with Gasteiger partial charge in [-0.25, -0.2) is 0 Å². The average Bonchev–Trinajstić information content (AvgIpc) is 2.67. The zero-order chi connectivity index (χ0) is 18.1. The van der Waals surface area contributed by atoms with Crippen molar-refractivity contribution in [1.82, 2.24) is 10.6 Å².